The van der Waals surface area contributed by atoms with Crippen molar-refractivity contribution < 1.29 is 9.59 Å². The molecule has 3 N–H and O–H groups in total. The molecular formula is C21H21N5O2. The lowest BCUT2D eigenvalue weighted by molar-refractivity contribution is -0.113. The van der Waals surface area contributed by atoms with Crippen molar-refractivity contribution in [2.45, 2.75) is 19.3 Å². The van der Waals surface area contributed by atoms with E-state index in [9.17, 15) is 9.59 Å². The van der Waals surface area contributed by atoms with Crippen molar-refractivity contribution in [2.24, 2.45) is 5.73 Å². The van der Waals surface area contributed by atoms with Crippen LogP contribution in [0.15, 0.2) is 42.7 Å². The quantitative estimate of drug-likeness (QED) is 0.684. The average Bonchev–Trinajstić information content (AvgIpc) is 3.14. The lowest BCUT2D eigenvalue weighted by Crippen LogP contribution is -2.35. The molecule has 7 nitrogen and oxygen atoms in total. The zero-order valence-electron chi connectivity index (χ0n) is 15.4. The van der Waals surface area contributed by atoms with Crippen LogP contribution in [0.2, 0.25) is 0 Å². The lowest BCUT2D eigenvalue weighted by atomic mass is 10.1. The first kappa shape index (κ1) is 17.9. The summed E-state index contributed by atoms with van der Waals surface area (Å²) >= 11 is 0. The summed E-state index contributed by atoms with van der Waals surface area (Å²) in [5.74, 6) is -0.440. The molecule has 1 fully saturated rings. The lowest BCUT2D eigenvalue weighted by Gasteiger charge is -2.26. The van der Waals surface area contributed by atoms with Crippen molar-refractivity contribution in [1.82, 2.24) is 19.9 Å². The number of amides is 2. The summed E-state index contributed by atoms with van der Waals surface area (Å²) in [4.78, 5) is 37.6. The number of nitrogens with two attached hydrogens (primary N) is 1. The molecule has 2 amide bonds. The van der Waals surface area contributed by atoms with Gasteiger partial charge in [-0.05, 0) is 37.5 Å². The van der Waals surface area contributed by atoms with Gasteiger partial charge in [-0.15, -0.1) is 0 Å². The first-order valence-corrected chi connectivity index (χ1v) is 9.33. The third-order valence-electron chi connectivity index (χ3n) is 4.91. The van der Waals surface area contributed by atoms with Crippen molar-refractivity contribution >= 4 is 29.1 Å². The fraction of sp³-hybridized carbons (Fsp3) is 0.238. The summed E-state index contributed by atoms with van der Waals surface area (Å²) in [6, 6.07) is 7.45. The van der Waals surface area contributed by atoms with Gasteiger partial charge >= 0.3 is 0 Å². The summed E-state index contributed by atoms with van der Waals surface area (Å²) in [6.45, 7) is 1.66. The molecular weight excluding hydrogens is 354 g/mol. The zero-order valence-corrected chi connectivity index (χ0v) is 15.4. The Balaban J connectivity index is 1.60. The molecule has 0 radical (unpaired) electrons. The van der Waals surface area contributed by atoms with E-state index in [1.807, 2.05) is 29.2 Å². The summed E-state index contributed by atoms with van der Waals surface area (Å²) in [7, 11) is 0. The second-order valence-electron chi connectivity index (χ2n) is 6.86. The Morgan fingerprint density at radius 3 is 2.57 bits per heavy atom. The highest BCUT2D eigenvalue weighted by atomic mass is 16.2. The Morgan fingerprint density at radius 2 is 1.86 bits per heavy atom. The summed E-state index contributed by atoms with van der Waals surface area (Å²) < 4.78 is 0. The summed E-state index contributed by atoms with van der Waals surface area (Å²) in [5.41, 5.74) is 9.43. The maximum atomic E-state index is 12.6. The fourth-order valence-electron chi connectivity index (χ4n) is 3.41. The second kappa shape index (κ2) is 7.64. The standard InChI is InChI=1S/C21H21N5O2/c22-18(27)9-8-16-12-23-20-19(16)25-17(13-24-20)14-4-6-15(7-5-14)21(28)26-10-2-1-3-11-26/h4-9,12-13H,1-3,10-11H2,(H2,22,27)(H,23,24)/b9-8+. The molecule has 0 aliphatic carbocycles. The Morgan fingerprint density at radius 1 is 1.11 bits per heavy atom. The van der Waals surface area contributed by atoms with Gasteiger partial charge in [-0.3, -0.25) is 9.59 Å². The van der Waals surface area contributed by atoms with Crippen LogP contribution in [0.5, 0.6) is 0 Å². The predicted octanol–water partition coefficient (Wildman–Crippen LogP) is 2.75. The molecule has 142 valence electrons. The molecule has 1 saturated heterocycles. The van der Waals surface area contributed by atoms with Crippen LogP contribution in [-0.2, 0) is 4.79 Å². The van der Waals surface area contributed by atoms with Crippen molar-refractivity contribution in [3.63, 3.8) is 0 Å². The number of carbonyl (C=O) groups is 2. The molecule has 0 saturated carbocycles. The molecule has 3 aromatic rings. The number of carbonyl (C=O) groups excluding carboxylic acids is 2. The number of aromatic amines is 1. The molecule has 2 aromatic heterocycles. The Hall–Kier alpha value is -3.48. The number of H-pyrrole nitrogens is 1. The van der Waals surface area contributed by atoms with Gasteiger partial charge in [0.1, 0.15) is 5.52 Å². The largest absolute Gasteiger partial charge is 0.366 e. The molecule has 4 rings (SSSR count). The van der Waals surface area contributed by atoms with E-state index in [4.69, 9.17) is 5.73 Å². The Kier molecular flexibility index (Phi) is 4.89. The van der Waals surface area contributed by atoms with E-state index in [0.29, 0.717) is 22.4 Å². The molecule has 0 unspecified atom stereocenters. The summed E-state index contributed by atoms with van der Waals surface area (Å²) in [6.07, 6.45) is 9.65. The van der Waals surface area contributed by atoms with Crippen molar-refractivity contribution in [3.8, 4) is 11.3 Å². The highest BCUT2D eigenvalue weighted by Gasteiger charge is 2.18. The first-order valence-electron chi connectivity index (χ1n) is 9.33. The molecule has 1 aliphatic rings. The minimum atomic E-state index is -0.521. The molecule has 1 aromatic carbocycles. The van der Waals surface area contributed by atoms with E-state index in [2.05, 4.69) is 15.0 Å². The van der Waals surface area contributed by atoms with Crippen LogP contribution in [0.3, 0.4) is 0 Å². The number of nitrogens with one attached hydrogen (secondary N) is 1. The molecule has 0 spiro atoms. The van der Waals surface area contributed by atoms with Gasteiger partial charge in [0.25, 0.3) is 5.91 Å². The van der Waals surface area contributed by atoms with Gasteiger partial charge in [-0.1, -0.05) is 12.1 Å². The number of piperidine rings is 1. The zero-order chi connectivity index (χ0) is 19.5. The normalized spacial score (nSPS) is 14.6. The van der Waals surface area contributed by atoms with Gasteiger partial charge in [0, 0.05) is 42.1 Å². The number of likely N-dealkylation sites (tertiary alicyclic amines) is 1. The number of hydrogen-bond acceptors (Lipinski definition) is 4. The number of benzene rings is 1. The van der Waals surface area contributed by atoms with Crippen LogP contribution in [0, 0.1) is 0 Å². The predicted molar refractivity (Wildman–Crippen MR) is 107 cm³/mol. The minimum absolute atomic E-state index is 0.0808. The number of hydrogen-bond donors (Lipinski definition) is 2. The molecule has 3 heterocycles. The first-order chi connectivity index (χ1) is 13.6. The molecule has 7 heteroatoms. The maximum absolute atomic E-state index is 12.6. The topological polar surface area (TPSA) is 105 Å². The van der Waals surface area contributed by atoms with Crippen LogP contribution in [0.25, 0.3) is 28.5 Å². The fourth-order valence-corrected chi connectivity index (χ4v) is 3.41. The Bertz CT molecular complexity index is 1050. The van der Waals surface area contributed by atoms with E-state index in [-0.39, 0.29) is 5.91 Å². The molecule has 1 aliphatic heterocycles. The van der Waals surface area contributed by atoms with Crippen molar-refractivity contribution in [2.75, 3.05) is 13.1 Å². The number of nitrogens with zero attached hydrogens (tertiary/aromatic N) is 3. The third kappa shape index (κ3) is 3.64. The second-order valence-corrected chi connectivity index (χ2v) is 6.86. The Labute approximate surface area is 162 Å². The minimum Gasteiger partial charge on any atom is -0.366 e. The van der Waals surface area contributed by atoms with Crippen LogP contribution in [0.4, 0.5) is 0 Å². The van der Waals surface area contributed by atoms with Gasteiger partial charge < -0.3 is 15.6 Å². The van der Waals surface area contributed by atoms with Gasteiger partial charge in [0.15, 0.2) is 5.65 Å². The van der Waals surface area contributed by atoms with E-state index in [1.165, 1.54) is 12.5 Å². The molecule has 0 atom stereocenters. The number of aromatic nitrogens is 3. The van der Waals surface area contributed by atoms with Crippen LogP contribution >= 0.6 is 0 Å². The van der Waals surface area contributed by atoms with Crippen LogP contribution < -0.4 is 5.73 Å². The van der Waals surface area contributed by atoms with Crippen molar-refractivity contribution in [3.05, 3.63) is 53.9 Å². The van der Waals surface area contributed by atoms with E-state index in [1.54, 1.807) is 18.5 Å². The number of rotatable bonds is 4. The van der Waals surface area contributed by atoms with Gasteiger partial charge in [-0.25, -0.2) is 9.97 Å². The number of primary amides is 1. The van der Waals surface area contributed by atoms with Crippen LogP contribution in [0.1, 0.15) is 35.2 Å². The highest BCUT2D eigenvalue weighted by Crippen LogP contribution is 2.23. The maximum Gasteiger partial charge on any atom is 0.253 e. The SMILES string of the molecule is NC(=O)/C=C/c1c[nH]c2ncc(-c3ccc(C(=O)N4CCCCC4)cc3)nc12. The van der Waals surface area contributed by atoms with Crippen LogP contribution in [-0.4, -0.2) is 44.8 Å². The van der Waals surface area contributed by atoms with E-state index >= 15 is 0 Å². The smallest absolute Gasteiger partial charge is 0.253 e. The van der Waals surface area contributed by atoms with Crippen molar-refractivity contribution in [1.29, 1.82) is 0 Å². The number of fused-ring (bicyclic) bond motifs is 1. The van der Waals surface area contributed by atoms with E-state index < -0.39 is 5.91 Å². The molecule has 28 heavy (non-hydrogen) atoms. The summed E-state index contributed by atoms with van der Waals surface area (Å²) in [5, 5.41) is 0. The van der Waals surface area contributed by atoms with Gasteiger partial charge in [-0.2, -0.15) is 0 Å². The third-order valence-corrected chi connectivity index (χ3v) is 4.91. The monoisotopic (exact) mass is 375 g/mol. The highest BCUT2D eigenvalue weighted by molar-refractivity contribution is 5.95. The average molecular weight is 375 g/mol. The van der Waals surface area contributed by atoms with Gasteiger partial charge in [0.05, 0.1) is 11.9 Å². The molecule has 0 bridgehead atoms. The van der Waals surface area contributed by atoms with E-state index in [0.717, 1.165) is 37.1 Å². The van der Waals surface area contributed by atoms with Gasteiger partial charge in [0.2, 0.25) is 5.91 Å².